The molecule has 0 aliphatic carbocycles. The lowest BCUT2D eigenvalue weighted by molar-refractivity contribution is -0.120. The van der Waals surface area contributed by atoms with Crippen molar-refractivity contribution in [2.75, 3.05) is 18.4 Å². The molecule has 0 spiro atoms. The van der Waals surface area contributed by atoms with E-state index in [1.165, 1.54) is 57.8 Å². The Balaban J connectivity index is 1.87. The number of phenolic OH excluding ortho intramolecular Hbond substituents is 1. The van der Waals surface area contributed by atoms with Crippen molar-refractivity contribution in [3.8, 4) is 5.75 Å². The molecule has 142 valence electrons. The van der Waals surface area contributed by atoms with Gasteiger partial charge >= 0.3 is 0 Å². The van der Waals surface area contributed by atoms with Gasteiger partial charge in [0, 0.05) is 31.3 Å². The molecule has 25 heavy (non-hydrogen) atoms. The molecule has 0 unspecified atom stereocenters. The number of nitrogens with one attached hydrogen (secondary N) is 2. The van der Waals surface area contributed by atoms with E-state index < -0.39 is 0 Å². The molecule has 1 aromatic carbocycles. The van der Waals surface area contributed by atoms with Gasteiger partial charge in [0.2, 0.25) is 5.91 Å². The number of anilines is 1. The average molecular weight is 349 g/mol. The van der Waals surface area contributed by atoms with Crippen LogP contribution in [-0.4, -0.2) is 24.1 Å². The normalized spacial score (nSPS) is 10.6. The summed E-state index contributed by atoms with van der Waals surface area (Å²) in [5, 5.41) is 15.5. The molecule has 1 rings (SSSR count). The highest BCUT2D eigenvalue weighted by Gasteiger charge is 2.01. The van der Waals surface area contributed by atoms with Crippen LogP contribution >= 0.6 is 0 Å². The smallest absolute Gasteiger partial charge is 0.221 e. The Morgan fingerprint density at radius 3 is 2.20 bits per heavy atom. The van der Waals surface area contributed by atoms with Gasteiger partial charge in [-0.15, -0.1) is 0 Å². The van der Waals surface area contributed by atoms with Gasteiger partial charge in [-0.25, -0.2) is 0 Å². The van der Waals surface area contributed by atoms with Crippen molar-refractivity contribution in [1.29, 1.82) is 0 Å². The Hall–Kier alpha value is -1.71. The topological polar surface area (TPSA) is 61.4 Å². The number of amides is 1. The number of carbonyl (C=O) groups excluding carboxylic acids is 1. The van der Waals surface area contributed by atoms with Gasteiger partial charge in [0.25, 0.3) is 0 Å². The Labute approximate surface area is 153 Å². The van der Waals surface area contributed by atoms with Gasteiger partial charge in [0.15, 0.2) is 0 Å². The fourth-order valence-corrected chi connectivity index (χ4v) is 2.86. The number of hydrogen-bond donors (Lipinski definition) is 3. The summed E-state index contributed by atoms with van der Waals surface area (Å²) in [6, 6.07) is 6.94. The molecule has 1 aromatic rings. The van der Waals surface area contributed by atoms with Gasteiger partial charge in [-0.2, -0.15) is 0 Å². The van der Waals surface area contributed by atoms with E-state index in [0.717, 1.165) is 18.7 Å². The highest BCUT2D eigenvalue weighted by molar-refractivity contribution is 5.76. The van der Waals surface area contributed by atoms with Crippen molar-refractivity contribution in [2.24, 2.45) is 0 Å². The molecule has 0 bridgehead atoms. The van der Waals surface area contributed by atoms with Gasteiger partial charge in [-0.1, -0.05) is 70.8 Å². The summed E-state index contributed by atoms with van der Waals surface area (Å²) in [5.74, 6) is 0.319. The third kappa shape index (κ3) is 12.3. The second kappa shape index (κ2) is 14.6. The zero-order valence-corrected chi connectivity index (χ0v) is 15.9. The molecule has 0 aliphatic heterocycles. The largest absolute Gasteiger partial charge is 0.508 e. The van der Waals surface area contributed by atoms with Crippen molar-refractivity contribution in [3.63, 3.8) is 0 Å². The quantitative estimate of drug-likeness (QED) is 0.380. The highest BCUT2D eigenvalue weighted by atomic mass is 16.3. The van der Waals surface area contributed by atoms with E-state index in [1.54, 1.807) is 18.2 Å². The van der Waals surface area contributed by atoms with E-state index in [4.69, 9.17) is 0 Å². The predicted molar refractivity (Wildman–Crippen MR) is 106 cm³/mol. The molecule has 0 heterocycles. The fourth-order valence-electron chi connectivity index (χ4n) is 2.86. The predicted octanol–water partition coefficient (Wildman–Crippen LogP) is 5.23. The number of phenols is 1. The average Bonchev–Trinajstić information content (AvgIpc) is 2.60. The lowest BCUT2D eigenvalue weighted by Crippen LogP contribution is -2.26. The van der Waals surface area contributed by atoms with E-state index in [1.807, 2.05) is 6.07 Å². The molecule has 4 nitrogen and oxygen atoms in total. The molecule has 0 saturated heterocycles. The van der Waals surface area contributed by atoms with Crippen LogP contribution in [0, 0.1) is 0 Å². The number of hydrogen-bond acceptors (Lipinski definition) is 3. The summed E-state index contributed by atoms with van der Waals surface area (Å²) in [6.07, 6.45) is 13.5. The monoisotopic (exact) mass is 348 g/mol. The molecule has 0 saturated carbocycles. The third-order valence-electron chi connectivity index (χ3n) is 4.38. The molecule has 1 amide bonds. The first kappa shape index (κ1) is 21.3. The Morgan fingerprint density at radius 1 is 0.920 bits per heavy atom. The van der Waals surface area contributed by atoms with Crippen LogP contribution in [0.1, 0.15) is 77.6 Å². The standard InChI is InChI=1S/C21H36N2O2/c1-2-3-4-5-6-7-8-9-10-11-16-23-21(25)15-17-22-19-13-12-14-20(24)18-19/h12-14,18,22,24H,2-11,15-17H2,1H3,(H,23,25). The summed E-state index contributed by atoms with van der Waals surface area (Å²) in [5.41, 5.74) is 0.836. The maximum Gasteiger partial charge on any atom is 0.221 e. The molecular formula is C21H36N2O2. The summed E-state index contributed by atoms with van der Waals surface area (Å²) in [6.45, 7) is 3.61. The van der Waals surface area contributed by atoms with Crippen LogP contribution < -0.4 is 10.6 Å². The Kier molecular flexibility index (Phi) is 12.5. The Morgan fingerprint density at radius 2 is 1.56 bits per heavy atom. The summed E-state index contributed by atoms with van der Waals surface area (Å²) >= 11 is 0. The first-order chi connectivity index (χ1) is 12.2. The first-order valence-corrected chi connectivity index (χ1v) is 10.0. The lowest BCUT2D eigenvalue weighted by Gasteiger charge is -2.08. The molecule has 0 radical (unpaired) electrons. The SMILES string of the molecule is CCCCCCCCCCCCNC(=O)CCNc1cccc(O)c1. The minimum atomic E-state index is 0.0866. The van der Waals surface area contributed by atoms with Crippen molar-refractivity contribution in [3.05, 3.63) is 24.3 Å². The minimum Gasteiger partial charge on any atom is -0.508 e. The van der Waals surface area contributed by atoms with Crippen LogP contribution in [0.15, 0.2) is 24.3 Å². The van der Waals surface area contributed by atoms with Crippen LogP contribution in [0.3, 0.4) is 0 Å². The van der Waals surface area contributed by atoms with E-state index in [-0.39, 0.29) is 11.7 Å². The number of rotatable bonds is 15. The minimum absolute atomic E-state index is 0.0866. The van der Waals surface area contributed by atoms with Gasteiger partial charge < -0.3 is 15.7 Å². The molecule has 4 heteroatoms. The first-order valence-electron chi connectivity index (χ1n) is 10.0. The number of benzene rings is 1. The van der Waals surface area contributed by atoms with Crippen LogP contribution in [0.5, 0.6) is 5.75 Å². The summed E-state index contributed by atoms with van der Waals surface area (Å²) < 4.78 is 0. The molecule has 0 aliphatic rings. The van der Waals surface area contributed by atoms with E-state index in [0.29, 0.717) is 13.0 Å². The fraction of sp³-hybridized carbons (Fsp3) is 0.667. The molecule has 0 fully saturated rings. The summed E-state index contributed by atoms with van der Waals surface area (Å²) in [4.78, 5) is 11.8. The van der Waals surface area contributed by atoms with Crippen LogP contribution in [0.4, 0.5) is 5.69 Å². The second-order valence-electron chi connectivity index (χ2n) is 6.76. The van der Waals surface area contributed by atoms with E-state index in [2.05, 4.69) is 17.6 Å². The van der Waals surface area contributed by atoms with Crippen LogP contribution in [-0.2, 0) is 4.79 Å². The van der Waals surface area contributed by atoms with Gasteiger partial charge in [0.05, 0.1) is 0 Å². The zero-order chi connectivity index (χ0) is 18.2. The van der Waals surface area contributed by atoms with E-state index >= 15 is 0 Å². The van der Waals surface area contributed by atoms with Gasteiger partial charge in [0.1, 0.15) is 5.75 Å². The highest BCUT2D eigenvalue weighted by Crippen LogP contribution is 2.15. The molecule has 0 atom stereocenters. The lowest BCUT2D eigenvalue weighted by atomic mass is 10.1. The van der Waals surface area contributed by atoms with Crippen molar-refractivity contribution < 1.29 is 9.90 Å². The maximum atomic E-state index is 11.8. The second-order valence-corrected chi connectivity index (χ2v) is 6.76. The number of carbonyl (C=O) groups is 1. The van der Waals surface area contributed by atoms with Crippen molar-refractivity contribution >= 4 is 11.6 Å². The number of unbranched alkanes of at least 4 members (excludes halogenated alkanes) is 9. The van der Waals surface area contributed by atoms with Crippen LogP contribution in [0.25, 0.3) is 0 Å². The number of aromatic hydroxyl groups is 1. The Bertz CT molecular complexity index is 463. The van der Waals surface area contributed by atoms with Gasteiger partial charge in [-0.3, -0.25) is 4.79 Å². The maximum absolute atomic E-state index is 11.8. The molecular weight excluding hydrogens is 312 g/mol. The van der Waals surface area contributed by atoms with Gasteiger partial charge in [-0.05, 0) is 18.6 Å². The third-order valence-corrected chi connectivity index (χ3v) is 4.38. The molecule has 3 N–H and O–H groups in total. The van der Waals surface area contributed by atoms with Crippen molar-refractivity contribution in [1.82, 2.24) is 5.32 Å². The zero-order valence-electron chi connectivity index (χ0n) is 15.9. The van der Waals surface area contributed by atoms with Crippen LogP contribution in [0.2, 0.25) is 0 Å². The summed E-state index contributed by atoms with van der Waals surface area (Å²) in [7, 11) is 0. The van der Waals surface area contributed by atoms with E-state index in [9.17, 15) is 9.90 Å². The van der Waals surface area contributed by atoms with Crippen molar-refractivity contribution in [2.45, 2.75) is 77.6 Å². The molecule has 0 aromatic heterocycles.